The Morgan fingerprint density at radius 3 is 2.60 bits per heavy atom. The summed E-state index contributed by atoms with van der Waals surface area (Å²) in [4.78, 5) is 17.9. The second-order valence-corrected chi connectivity index (χ2v) is 3.67. The molecule has 0 aliphatic carbocycles. The van der Waals surface area contributed by atoms with Gasteiger partial charge < -0.3 is 10.4 Å². The first kappa shape index (κ1) is 13.8. The van der Waals surface area contributed by atoms with Gasteiger partial charge in [0.25, 0.3) is 0 Å². The Bertz CT molecular complexity index is 608. The Balaban J connectivity index is 1.98. The van der Waals surface area contributed by atoms with Crippen LogP contribution in [0.15, 0.2) is 24.7 Å². The van der Waals surface area contributed by atoms with Crippen molar-refractivity contribution >= 4 is 11.8 Å². The number of alkyl halides is 3. The van der Waals surface area contributed by atoms with Crippen LogP contribution in [-0.4, -0.2) is 30.8 Å². The summed E-state index contributed by atoms with van der Waals surface area (Å²) in [7, 11) is 0. The van der Waals surface area contributed by atoms with Crippen LogP contribution in [0.2, 0.25) is 0 Å². The van der Waals surface area contributed by atoms with Crippen LogP contribution in [0, 0.1) is 0 Å². The molecule has 0 saturated carbocycles. The molecular formula is C10H8F3N5O2. The first-order valence-corrected chi connectivity index (χ1v) is 5.27. The number of nitrogens with zero attached hydrogens (tertiary/aromatic N) is 4. The number of carboxylic acid groups (broad SMARTS) is 1. The van der Waals surface area contributed by atoms with Crippen molar-refractivity contribution in [1.29, 1.82) is 0 Å². The first-order chi connectivity index (χ1) is 9.36. The molecule has 2 heterocycles. The largest absolute Gasteiger partial charge is 0.504 e. The van der Waals surface area contributed by atoms with E-state index in [9.17, 15) is 18.0 Å². The lowest BCUT2D eigenvalue weighted by atomic mass is 10.4. The Morgan fingerprint density at radius 2 is 2.10 bits per heavy atom. The molecule has 0 aromatic carbocycles. The van der Waals surface area contributed by atoms with Crippen molar-refractivity contribution < 1.29 is 23.1 Å². The molecule has 2 rings (SSSR count). The molecule has 2 aromatic rings. The second-order valence-electron chi connectivity index (χ2n) is 3.67. The molecule has 0 aliphatic rings. The van der Waals surface area contributed by atoms with E-state index < -0.39 is 12.3 Å². The van der Waals surface area contributed by atoms with E-state index in [0.29, 0.717) is 0 Å². The fourth-order valence-electron chi connectivity index (χ4n) is 1.31. The summed E-state index contributed by atoms with van der Waals surface area (Å²) in [6, 6.07) is 1.21. The summed E-state index contributed by atoms with van der Waals surface area (Å²) in [5.41, 5.74) is -0.0664. The van der Waals surface area contributed by atoms with E-state index in [1.165, 1.54) is 12.3 Å². The topological polar surface area (TPSA) is 92.9 Å². The maximum Gasteiger partial charge on any atom is 0.504 e. The molecular weight excluding hydrogens is 279 g/mol. The maximum atomic E-state index is 12.3. The van der Waals surface area contributed by atoms with E-state index in [2.05, 4.69) is 20.4 Å². The molecule has 0 spiro atoms. The summed E-state index contributed by atoms with van der Waals surface area (Å²) in [5.74, 6) is -0.982. The van der Waals surface area contributed by atoms with Crippen LogP contribution in [0.3, 0.4) is 0 Å². The zero-order valence-corrected chi connectivity index (χ0v) is 9.79. The molecule has 0 radical (unpaired) electrons. The SMILES string of the molecule is O=C(O)c1cnc(NCc2ccn(C(F)(F)F)n2)cn1. The zero-order chi connectivity index (χ0) is 14.8. The van der Waals surface area contributed by atoms with Gasteiger partial charge in [-0.2, -0.15) is 9.78 Å². The Hall–Kier alpha value is -2.65. The van der Waals surface area contributed by atoms with Crippen molar-refractivity contribution in [1.82, 2.24) is 19.7 Å². The van der Waals surface area contributed by atoms with Gasteiger partial charge in [-0.25, -0.2) is 14.8 Å². The lowest BCUT2D eigenvalue weighted by molar-refractivity contribution is -0.212. The van der Waals surface area contributed by atoms with E-state index >= 15 is 0 Å². The Morgan fingerprint density at radius 1 is 1.35 bits per heavy atom. The molecule has 0 atom stereocenters. The number of carboxylic acids is 1. The standard InChI is InChI=1S/C10H8F3N5O2/c11-10(12,13)18-2-1-6(17-18)3-15-8-5-14-7(4-16-8)9(19)20/h1-2,4-5H,3H2,(H,15,16)(H,19,20). The Labute approximate surface area is 110 Å². The van der Waals surface area contributed by atoms with Crippen LogP contribution in [0.5, 0.6) is 0 Å². The van der Waals surface area contributed by atoms with Gasteiger partial charge in [0.05, 0.1) is 24.6 Å². The third-order valence-electron chi connectivity index (χ3n) is 2.23. The molecule has 0 unspecified atom stereocenters. The van der Waals surface area contributed by atoms with Crippen LogP contribution < -0.4 is 5.32 Å². The molecule has 0 bridgehead atoms. The smallest absolute Gasteiger partial charge is 0.476 e. The van der Waals surface area contributed by atoms with Crippen LogP contribution in [-0.2, 0) is 12.8 Å². The lowest BCUT2D eigenvalue weighted by Gasteiger charge is -2.05. The summed E-state index contributed by atoms with van der Waals surface area (Å²) in [5, 5.41) is 14.6. The minimum atomic E-state index is -4.55. The van der Waals surface area contributed by atoms with Gasteiger partial charge in [0.2, 0.25) is 0 Å². The third-order valence-corrected chi connectivity index (χ3v) is 2.23. The number of aromatic nitrogens is 4. The van der Waals surface area contributed by atoms with Crippen molar-refractivity contribution in [3.63, 3.8) is 0 Å². The number of nitrogens with one attached hydrogen (secondary N) is 1. The molecule has 7 nitrogen and oxygen atoms in total. The molecule has 0 amide bonds. The number of aromatic carboxylic acids is 1. The fourth-order valence-corrected chi connectivity index (χ4v) is 1.31. The van der Waals surface area contributed by atoms with Gasteiger partial charge in [-0.05, 0) is 6.07 Å². The second kappa shape index (κ2) is 5.15. The monoisotopic (exact) mass is 287 g/mol. The van der Waals surface area contributed by atoms with Crippen molar-refractivity contribution in [2.75, 3.05) is 5.32 Å². The highest BCUT2D eigenvalue weighted by Gasteiger charge is 2.31. The molecule has 106 valence electrons. The van der Waals surface area contributed by atoms with E-state index in [-0.39, 0.29) is 28.4 Å². The predicted molar refractivity (Wildman–Crippen MR) is 59.8 cm³/mol. The highest BCUT2D eigenvalue weighted by molar-refractivity contribution is 5.84. The first-order valence-electron chi connectivity index (χ1n) is 5.27. The maximum absolute atomic E-state index is 12.3. The summed E-state index contributed by atoms with van der Waals surface area (Å²) >= 11 is 0. The summed E-state index contributed by atoms with van der Waals surface area (Å²) in [6.45, 7) is 0.00414. The quantitative estimate of drug-likeness (QED) is 0.884. The summed E-state index contributed by atoms with van der Waals surface area (Å²) < 4.78 is 36.8. The van der Waals surface area contributed by atoms with Gasteiger partial charge in [0, 0.05) is 6.20 Å². The number of carbonyl (C=O) groups is 1. The van der Waals surface area contributed by atoms with Gasteiger partial charge in [0.1, 0.15) is 5.82 Å². The van der Waals surface area contributed by atoms with Gasteiger partial charge >= 0.3 is 12.3 Å². The Kier molecular flexibility index (Phi) is 3.55. The van der Waals surface area contributed by atoms with Crippen LogP contribution in [0.25, 0.3) is 0 Å². The third kappa shape index (κ3) is 3.22. The van der Waals surface area contributed by atoms with Gasteiger partial charge in [-0.3, -0.25) is 0 Å². The van der Waals surface area contributed by atoms with E-state index in [4.69, 9.17) is 5.11 Å². The van der Waals surface area contributed by atoms with Gasteiger partial charge in [-0.1, -0.05) is 0 Å². The number of anilines is 1. The fraction of sp³-hybridized carbons (Fsp3) is 0.200. The molecule has 2 N–H and O–H groups in total. The average molecular weight is 287 g/mol. The normalized spacial score (nSPS) is 11.3. The van der Waals surface area contributed by atoms with E-state index in [1.807, 2.05) is 0 Å². The minimum absolute atomic E-state index is 0.00414. The predicted octanol–water partition coefficient (Wildman–Crippen LogP) is 1.46. The number of hydrogen-bond donors (Lipinski definition) is 2. The van der Waals surface area contributed by atoms with Gasteiger partial charge in [0.15, 0.2) is 5.69 Å². The lowest BCUT2D eigenvalue weighted by Crippen LogP contribution is -2.17. The van der Waals surface area contributed by atoms with Crippen molar-refractivity contribution in [3.8, 4) is 0 Å². The highest BCUT2D eigenvalue weighted by atomic mass is 19.4. The van der Waals surface area contributed by atoms with Crippen LogP contribution >= 0.6 is 0 Å². The van der Waals surface area contributed by atoms with Gasteiger partial charge in [-0.15, -0.1) is 13.2 Å². The van der Waals surface area contributed by atoms with Crippen molar-refractivity contribution in [2.45, 2.75) is 12.8 Å². The average Bonchev–Trinajstić information content (AvgIpc) is 2.85. The molecule has 10 heteroatoms. The minimum Gasteiger partial charge on any atom is -0.476 e. The molecule has 0 aliphatic heterocycles. The van der Waals surface area contributed by atoms with E-state index in [1.54, 1.807) is 0 Å². The molecule has 0 fully saturated rings. The van der Waals surface area contributed by atoms with Crippen molar-refractivity contribution in [3.05, 3.63) is 36.0 Å². The zero-order valence-electron chi connectivity index (χ0n) is 9.79. The number of halogens is 3. The highest BCUT2D eigenvalue weighted by Crippen LogP contribution is 2.20. The van der Waals surface area contributed by atoms with Crippen LogP contribution in [0.4, 0.5) is 19.0 Å². The van der Waals surface area contributed by atoms with Crippen molar-refractivity contribution in [2.24, 2.45) is 0 Å². The van der Waals surface area contributed by atoms with Crippen LogP contribution in [0.1, 0.15) is 16.2 Å². The number of hydrogen-bond acceptors (Lipinski definition) is 5. The number of rotatable bonds is 4. The van der Waals surface area contributed by atoms with E-state index in [0.717, 1.165) is 12.4 Å². The molecule has 20 heavy (non-hydrogen) atoms. The summed E-state index contributed by atoms with van der Waals surface area (Å²) in [6.07, 6.45) is -1.54. The molecule has 2 aromatic heterocycles. The molecule has 0 saturated heterocycles.